The standard InChI is InChI=1S/C16H25BrN2O/c1-12(2)19-8-9-20-16(11-19)10-18-13(3)14-4-6-15(17)7-5-14/h4-7,12-13,16,18H,8-11H2,1-3H3. The third-order valence-electron chi connectivity index (χ3n) is 3.92. The maximum atomic E-state index is 5.85. The first-order valence-electron chi connectivity index (χ1n) is 7.40. The molecule has 0 bridgehead atoms. The van der Waals surface area contributed by atoms with E-state index in [-0.39, 0.29) is 0 Å². The fraction of sp³-hybridized carbons (Fsp3) is 0.625. The fourth-order valence-corrected chi connectivity index (χ4v) is 2.78. The zero-order valence-electron chi connectivity index (χ0n) is 12.6. The van der Waals surface area contributed by atoms with Gasteiger partial charge in [0.15, 0.2) is 0 Å². The molecule has 112 valence electrons. The number of nitrogens with one attached hydrogen (secondary N) is 1. The van der Waals surface area contributed by atoms with Crippen LogP contribution in [-0.4, -0.2) is 43.3 Å². The van der Waals surface area contributed by atoms with Crippen LogP contribution >= 0.6 is 15.9 Å². The van der Waals surface area contributed by atoms with Gasteiger partial charge in [-0.15, -0.1) is 0 Å². The molecule has 1 fully saturated rings. The van der Waals surface area contributed by atoms with Gasteiger partial charge in [-0.25, -0.2) is 0 Å². The number of benzene rings is 1. The topological polar surface area (TPSA) is 24.5 Å². The van der Waals surface area contributed by atoms with Crippen LogP contribution in [0.4, 0.5) is 0 Å². The lowest BCUT2D eigenvalue weighted by Gasteiger charge is -2.36. The van der Waals surface area contributed by atoms with Gasteiger partial charge in [-0.05, 0) is 38.5 Å². The first-order valence-corrected chi connectivity index (χ1v) is 8.20. The minimum absolute atomic E-state index is 0.295. The molecule has 1 N–H and O–H groups in total. The summed E-state index contributed by atoms with van der Waals surface area (Å²) in [5.74, 6) is 0. The van der Waals surface area contributed by atoms with Gasteiger partial charge >= 0.3 is 0 Å². The fourth-order valence-electron chi connectivity index (χ4n) is 2.51. The highest BCUT2D eigenvalue weighted by atomic mass is 79.9. The number of morpholine rings is 1. The van der Waals surface area contributed by atoms with E-state index >= 15 is 0 Å². The Labute approximate surface area is 130 Å². The minimum Gasteiger partial charge on any atom is -0.374 e. The van der Waals surface area contributed by atoms with Crippen LogP contribution < -0.4 is 5.32 Å². The van der Waals surface area contributed by atoms with Gasteiger partial charge in [0.25, 0.3) is 0 Å². The Bertz CT molecular complexity index is 407. The largest absolute Gasteiger partial charge is 0.374 e. The normalized spacial score (nSPS) is 22.1. The van der Waals surface area contributed by atoms with Crippen molar-refractivity contribution < 1.29 is 4.74 Å². The van der Waals surface area contributed by atoms with Crippen molar-refractivity contribution in [1.29, 1.82) is 0 Å². The lowest BCUT2D eigenvalue weighted by atomic mass is 10.1. The van der Waals surface area contributed by atoms with E-state index in [2.05, 4.69) is 71.2 Å². The highest BCUT2D eigenvalue weighted by molar-refractivity contribution is 9.10. The summed E-state index contributed by atoms with van der Waals surface area (Å²) in [6, 6.07) is 9.44. The van der Waals surface area contributed by atoms with Crippen molar-refractivity contribution in [3.63, 3.8) is 0 Å². The molecule has 1 aromatic rings. The Balaban J connectivity index is 1.81. The summed E-state index contributed by atoms with van der Waals surface area (Å²) in [6.07, 6.45) is 0.295. The minimum atomic E-state index is 0.295. The van der Waals surface area contributed by atoms with Crippen molar-refractivity contribution in [2.24, 2.45) is 0 Å². The molecule has 0 aromatic heterocycles. The maximum Gasteiger partial charge on any atom is 0.0827 e. The molecule has 2 unspecified atom stereocenters. The van der Waals surface area contributed by atoms with Gasteiger partial charge in [0, 0.05) is 36.2 Å². The van der Waals surface area contributed by atoms with Crippen LogP contribution in [0.5, 0.6) is 0 Å². The number of hydrogen-bond donors (Lipinski definition) is 1. The van der Waals surface area contributed by atoms with Gasteiger partial charge in [-0.3, -0.25) is 4.90 Å². The monoisotopic (exact) mass is 340 g/mol. The van der Waals surface area contributed by atoms with Crippen LogP contribution in [0, 0.1) is 0 Å². The molecule has 1 aliphatic rings. The van der Waals surface area contributed by atoms with Crippen LogP contribution in [0.2, 0.25) is 0 Å². The lowest BCUT2D eigenvalue weighted by Crippen LogP contribution is -2.49. The lowest BCUT2D eigenvalue weighted by molar-refractivity contribution is -0.0379. The first kappa shape index (κ1) is 16.0. The van der Waals surface area contributed by atoms with E-state index in [4.69, 9.17) is 4.74 Å². The van der Waals surface area contributed by atoms with Crippen LogP contribution in [-0.2, 0) is 4.74 Å². The van der Waals surface area contributed by atoms with Crippen molar-refractivity contribution in [3.05, 3.63) is 34.3 Å². The van der Waals surface area contributed by atoms with Crippen molar-refractivity contribution in [2.45, 2.75) is 39.0 Å². The van der Waals surface area contributed by atoms with Crippen molar-refractivity contribution in [1.82, 2.24) is 10.2 Å². The third kappa shape index (κ3) is 4.55. The van der Waals surface area contributed by atoms with Crippen molar-refractivity contribution >= 4 is 15.9 Å². The quantitative estimate of drug-likeness (QED) is 0.890. The molecular weight excluding hydrogens is 316 g/mol. The van der Waals surface area contributed by atoms with Gasteiger partial charge in [0.1, 0.15) is 0 Å². The van der Waals surface area contributed by atoms with E-state index in [0.29, 0.717) is 18.2 Å². The van der Waals surface area contributed by atoms with Crippen LogP contribution in [0.25, 0.3) is 0 Å². The van der Waals surface area contributed by atoms with E-state index in [1.165, 1.54) is 5.56 Å². The zero-order valence-corrected chi connectivity index (χ0v) is 14.2. The van der Waals surface area contributed by atoms with Gasteiger partial charge in [0.2, 0.25) is 0 Å². The average Bonchev–Trinajstić information content (AvgIpc) is 2.46. The number of nitrogens with zero attached hydrogens (tertiary/aromatic N) is 1. The molecule has 4 heteroatoms. The molecule has 1 aromatic carbocycles. The SMILES string of the molecule is CC(NCC1CN(C(C)C)CCO1)c1ccc(Br)cc1. The van der Waals surface area contributed by atoms with Gasteiger partial charge < -0.3 is 10.1 Å². The summed E-state index contributed by atoms with van der Waals surface area (Å²) in [5, 5.41) is 3.58. The molecule has 0 aliphatic carbocycles. The Hall–Kier alpha value is -0.420. The van der Waals surface area contributed by atoms with E-state index in [1.807, 2.05) is 0 Å². The number of halogens is 1. The van der Waals surface area contributed by atoms with Crippen LogP contribution in [0.1, 0.15) is 32.4 Å². The van der Waals surface area contributed by atoms with Crippen molar-refractivity contribution in [2.75, 3.05) is 26.2 Å². The molecule has 0 amide bonds. The number of hydrogen-bond acceptors (Lipinski definition) is 3. The second-order valence-electron chi connectivity index (χ2n) is 5.76. The Morgan fingerprint density at radius 3 is 2.65 bits per heavy atom. The molecule has 1 heterocycles. The molecule has 3 nitrogen and oxygen atoms in total. The highest BCUT2D eigenvalue weighted by Crippen LogP contribution is 2.17. The first-order chi connectivity index (χ1) is 9.56. The zero-order chi connectivity index (χ0) is 14.5. The van der Waals surface area contributed by atoms with Crippen molar-refractivity contribution in [3.8, 4) is 0 Å². The molecule has 1 aliphatic heterocycles. The number of rotatable bonds is 5. The van der Waals surface area contributed by atoms with Crippen LogP contribution in [0.15, 0.2) is 28.7 Å². The van der Waals surface area contributed by atoms with E-state index in [0.717, 1.165) is 30.7 Å². The van der Waals surface area contributed by atoms with E-state index < -0.39 is 0 Å². The Morgan fingerprint density at radius 1 is 1.30 bits per heavy atom. The summed E-state index contributed by atoms with van der Waals surface area (Å²) >= 11 is 3.47. The van der Waals surface area contributed by atoms with E-state index in [1.54, 1.807) is 0 Å². The predicted octanol–water partition coefficient (Wildman–Crippen LogP) is 3.21. The Kier molecular flexibility index (Phi) is 6.02. The second-order valence-corrected chi connectivity index (χ2v) is 6.68. The summed E-state index contributed by atoms with van der Waals surface area (Å²) < 4.78 is 6.97. The van der Waals surface area contributed by atoms with E-state index in [9.17, 15) is 0 Å². The molecular formula is C16H25BrN2O. The van der Waals surface area contributed by atoms with Gasteiger partial charge in [0.05, 0.1) is 12.7 Å². The number of ether oxygens (including phenoxy) is 1. The van der Waals surface area contributed by atoms with Gasteiger partial charge in [-0.1, -0.05) is 28.1 Å². The molecule has 2 rings (SSSR count). The molecule has 2 atom stereocenters. The maximum absolute atomic E-state index is 5.85. The summed E-state index contributed by atoms with van der Waals surface area (Å²) in [6.45, 7) is 10.5. The summed E-state index contributed by atoms with van der Waals surface area (Å²) in [4.78, 5) is 2.49. The average molecular weight is 341 g/mol. The molecule has 1 saturated heterocycles. The molecule has 0 saturated carbocycles. The highest BCUT2D eigenvalue weighted by Gasteiger charge is 2.22. The second kappa shape index (κ2) is 7.55. The third-order valence-corrected chi connectivity index (χ3v) is 4.45. The molecule has 20 heavy (non-hydrogen) atoms. The van der Waals surface area contributed by atoms with Gasteiger partial charge in [-0.2, -0.15) is 0 Å². The Morgan fingerprint density at radius 2 is 2.00 bits per heavy atom. The smallest absolute Gasteiger partial charge is 0.0827 e. The summed E-state index contributed by atoms with van der Waals surface area (Å²) in [7, 11) is 0. The van der Waals surface area contributed by atoms with Crippen LogP contribution in [0.3, 0.4) is 0 Å². The molecule has 0 spiro atoms. The molecule has 0 radical (unpaired) electrons. The summed E-state index contributed by atoms with van der Waals surface area (Å²) in [5.41, 5.74) is 1.31. The predicted molar refractivity (Wildman–Crippen MR) is 87.0 cm³/mol.